The summed E-state index contributed by atoms with van der Waals surface area (Å²) in [6.07, 6.45) is 2.77. The van der Waals surface area contributed by atoms with Gasteiger partial charge < -0.3 is 15.0 Å². The summed E-state index contributed by atoms with van der Waals surface area (Å²) in [5, 5.41) is 16.3. The molecule has 180 valence electrons. The number of carbonyl (C=O) groups is 1. The van der Waals surface area contributed by atoms with E-state index in [2.05, 4.69) is 4.98 Å². The first-order valence-electron chi connectivity index (χ1n) is 10.7. The van der Waals surface area contributed by atoms with Crippen molar-refractivity contribution in [3.05, 3.63) is 62.3 Å². The summed E-state index contributed by atoms with van der Waals surface area (Å²) in [5.74, 6) is -1.64. The van der Waals surface area contributed by atoms with Gasteiger partial charge in [-0.15, -0.1) is 0 Å². The van der Waals surface area contributed by atoms with E-state index in [0.29, 0.717) is 37.1 Å². The van der Waals surface area contributed by atoms with Crippen LogP contribution in [-0.4, -0.2) is 42.9 Å². The van der Waals surface area contributed by atoms with Crippen LogP contribution in [0.3, 0.4) is 0 Å². The Hall–Kier alpha value is -2.23. The number of rotatable bonds is 6. The number of likely N-dealkylation sites (tertiary alicyclic amines) is 1. The second-order valence-electron chi connectivity index (χ2n) is 9.19. The maximum atomic E-state index is 15.3. The predicted octanol–water partition coefficient (Wildman–Crippen LogP) is 3.61. The van der Waals surface area contributed by atoms with Crippen molar-refractivity contribution in [3.63, 3.8) is 0 Å². The lowest BCUT2D eigenvalue weighted by molar-refractivity contribution is 0.0671. The second-order valence-corrected chi connectivity index (χ2v) is 11.3. The minimum absolute atomic E-state index is 0.0508. The highest BCUT2D eigenvalue weighted by Crippen LogP contribution is 2.45. The van der Waals surface area contributed by atoms with Gasteiger partial charge in [-0.3, -0.25) is 14.7 Å². The van der Waals surface area contributed by atoms with Crippen molar-refractivity contribution in [2.75, 3.05) is 13.1 Å². The van der Waals surface area contributed by atoms with E-state index in [1.54, 1.807) is 25.7 Å². The first kappa shape index (κ1) is 25.4. The van der Waals surface area contributed by atoms with E-state index in [1.807, 2.05) is 0 Å². The number of halogens is 2. The molecule has 10 heteroatoms. The zero-order valence-corrected chi connectivity index (χ0v) is 20.4. The Labute approximate surface area is 199 Å². The van der Waals surface area contributed by atoms with Crippen LogP contribution in [-0.2, 0) is 11.0 Å². The number of H-pyrrole nitrogens is 1. The number of aromatic hydroxyl groups is 1. The van der Waals surface area contributed by atoms with Gasteiger partial charge >= 0.3 is 0 Å². The van der Waals surface area contributed by atoms with Crippen LogP contribution in [0.2, 0.25) is 5.02 Å². The van der Waals surface area contributed by atoms with E-state index in [0.717, 1.165) is 0 Å². The molecule has 0 radical (unpaired) electrons. The van der Waals surface area contributed by atoms with Crippen LogP contribution in [0, 0.1) is 18.7 Å². The SMILES string of the molecule is Cc1cc(O)c([C@H](CC(C)(C)S(N)=O)C2CCN(C(=O)c3ccc(=O)[nH]c3)CC2)c(F)c1Cl. The molecule has 2 atom stereocenters. The highest BCUT2D eigenvalue weighted by Gasteiger charge is 2.38. The molecule has 2 aromatic rings. The monoisotopic (exact) mass is 497 g/mol. The number of carbonyl (C=O) groups excluding carboxylic acids is 1. The number of piperidine rings is 1. The standard InChI is InChI=1S/C23H29ClFN3O4S/c1-13-10-17(29)19(21(25)20(13)24)16(11-23(2,3)33(26)32)14-6-8-28(9-7-14)22(31)15-4-5-18(30)27-12-15/h4-5,10,12,14,16,29H,6-9,11,26H2,1-3H3,(H,27,30)/t16-,33?/m1/s1. The summed E-state index contributed by atoms with van der Waals surface area (Å²) < 4.78 is 26.6. The number of pyridine rings is 1. The average Bonchev–Trinajstić information content (AvgIpc) is 2.77. The Bertz CT molecular complexity index is 1110. The number of phenols is 1. The van der Waals surface area contributed by atoms with E-state index >= 15 is 4.39 Å². The number of benzene rings is 1. The normalized spacial score (nSPS) is 17.1. The fourth-order valence-corrected chi connectivity index (χ4v) is 4.95. The summed E-state index contributed by atoms with van der Waals surface area (Å²) in [7, 11) is -1.67. The predicted molar refractivity (Wildman–Crippen MR) is 127 cm³/mol. The third-order valence-corrected chi connectivity index (χ3v) is 8.18. The van der Waals surface area contributed by atoms with Crippen LogP contribution in [0.5, 0.6) is 5.75 Å². The number of nitrogens with two attached hydrogens (primary N) is 1. The summed E-state index contributed by atoms with van der Waals surface area (Å²) in [4.78, 5) is 28.2. The third-order valence-electron chi connectivity index (χ3n) is 6.46. The van der Waals surface area contributed by atoms with E-state index in [-0.39, 0.29) is 40.1 Å². The van der Waals surface area contributed by atoms with Gasteiger partial charge in [0.2, 0.25) is 5.56 Å². The van der Waals surface area contributed by atoms with Crippen LogP contribution in [0.15, 0.2) is 29.2 Å². The van der Waals surface area contributed by atoms with Crippen LogP contribution >= 0.6 is 11.6 Å². The Kier molecular flexibility index (Phi) is 7.65. The van der Waals surface area contributed by atoms with Gasteiger partial charge in [0.1, 0.15) is 11.6 Å². The number of aromatic nitrogens is 1. The van der Waals surface area contributed by atoms with Gasteiger partial charge in [-0.05, 0) is 69.6 Å². The average molecular weight is 498 g/mol. The summed E-state index contributed by atoms with van der Waals surface area (Å²) in [6, 6.07) is 4.23. The molecule has 0 saturated carbocycles. The van der Waals surface area contributed by atoms with Gasteiger partial charge in [-0.2, -0.15) is 0 Å². The number of hydrogen-bond donors (Lipinski definition) is 3. The van der Waals surface area contributed by atoms with Crippen molar-refractivity contribution in [1.29, 1.82) is 0 Å². The lowest BCUT2D eigenvalue weighted by Crippen LogP contribution is -2.42. The fraction of sp³-hybridized carbons (Fsp3) is 0.478. The lowest BCUT2D eigenvalue weighted by Gasteiger charge is -2.39. The number of hydrogen-bond acceptors (Lipinski definition) is 4. The minimum Gasteiger partial charge on any atom is -0.508 e. The molecule has 1 aliphatic rings. The molecular formula is C23H29ClFN3O4S. The Balaban J connectivity index is 1.88. The van der Waals surface area contributed by atoms with Gasteiger partial charge in [0.05, 0.1) is 26.3 Å². The minimum atomic E-state index is -1.67. The molecular weight excluding hydrogens is 469 g/mol. The molecule has 7 nitrogen and oxygen atoms in total. The fourth-order valence-electron chi connectivity index (χ4n) is 4.45. The van der Waals surface area contributed by atoms with Gasteiger partial charge in [0.25, 0.3) is 5.91 Å². The number of aromatic amines is 1. The van der Waals surface area contributed by atoms with E-state index in [1.165, 1.54) is 24.4 Å². The number of amides is 1. The third kappa shape index (κ3) is 5.47. The Morgan fingerprint density at radius 1 is 1.39 bits per heavy atom. The van der Waals surface area contributed by atoms with E-state index in [4.69, 9.17) is 16.7 Å². The highest BCUT2D eigenvalue weighted by molar-refractivity contribution is 7.84. The Morgan fingerprint density at radius 2 is 2.03 bits per heavy atom. The van der Waals surface area contributed by atoms with Crippen LogP contribution in [0.1, 0.15) is 60.5 Å². The van der Waals surface area contributed by atoms with Gasteiger partial charge in [-0.1, -0.05) is 11.6 Å². The molecule has 2 heterocycles. The van der Waals surface area contributed by atoms with Crippen LogP contribution in [0.4, 0.5) is 4.39 Å². The van der Waals surface area contributed by atoms with Crippen LogP contribution in [0.25, 0.3) is 0 Å². The largest absolute Gasteiger partial charge is 0.508 e. The quantitative estimate of drug-likeness (QED) is 0.565. The smallest absolute Gasteiger partial charge is 0.255 e. The van der Waals surface area contributed by atoms with Crippen molar-refractivity contribution in [2.45, 2.75) is 50.7 Å². The second kappa shape index (κ2) is 9.95. The summed E-state index contributed by atoms with van der Waals surface area (Å²) in [5.41, 5.74) is 0.636. The zero-order chi connectivity index (χ0) is 24.5. The number of nitrogens with zero attached hydrogens (tertiary/aromatic N) is 1. The van der Waals surface area contributed by atoms with Gasteiger partial charge in [0, 0.05) is 30.9 Å². The zero-order valence-electron chi connectivity index (χ0n) is 18.9. The molecule has 1 aromatic heterocycles. The van der Waals surface area contributed by atoms with Crippen molar-refractivity contribution >= 4 is 28.5 Å². The van der Waals surface area contributed by atoms with Crippen molar-refractivity contribution < 1.29 is 18.5 Å². The van der Waals surface area contributed by atoms with Crippen LogP contribution < -0.4 is 10.7 Å². The molecule has 1 aromatic carbocycles. The van der Waals surface area contributed by atoms with Gasteiger partial charge in [0.15, 0.2) is 0 Å². The topological polar surface area (TPSA) is 116 Å². The molecule has 0 bridgehead atoms. The molecule has 1 saturated heterocycles. The number of nitrogens with one attached hydrogen (secondary N) is 1. The molecule has 0 aliphatic carbocycles. The highest BCUT2D eigenvalue weighted by atomic mass is 35.5. The van der Waals surface area contributed by atoms with Crippen molar-refractivity contribution in [1.82, 2.24) is 9.88 Å². The molecule has 3 rings (SSSR count). The van der Waals surface area contributed by atoms with Crippen molar-refractivity contribution in [3.8, 4) is 5.75 Å². The summed E-state index contributed by atoms with van der Waals surface area (Å²) >= 11 is 6.17. The van der Waals surface area contributed by atoms with E-state index in [9.17, 15) is 18.9 Å². The molecule has 1 amide bonds. The Morgan fingerprint density at radius 3 is 2.58 bits per heavy atom. The van der Waals surface area contributed by atoms with Crippen molar-refractivity contribution in [2.24, 2.45) is 11.1 Å². The number of phenolic OH excluding ortho intramolecular Hbond substituents is 1. The molecule has 1 fully saturated rings. The number of aryl methyl sites for hydroxylation is 1. The maximum absolute atomic E-state index is 15.3. The molecule has 0 spiro atoms. The lowest BCUT2D eigenvalue weighted by atomic mass is 9.75. The molecule has 1 aliphatic heterocycles. The first-order chi connectivity index (χ1) is 15.4. The maximum Gasteiger partial charge on any atom is 0.255 e. The summed E-state index contributed by atoms with van der Waals surface area (Å²) in [6.45, 7) is 5.95. The van der Waals surface area contributed by atoms with Gasteiger partial charge in [-0.25, -0.2) is 8.60 Å². The first-order valence-corrected chi connectivity index (χ1v) is 12.3. The van der Waals surface area contributed by atoms with E-state index < -0.39 is 27.5 Å². The molecule has 1 unspecified atom stereocenters. The molecule has 33 heavy (non-hydrogen) atoms. The molecule has 4 N–H and O–H groups in total.